The van der Waals surface area contributed by atoms with Gasteiger partial charge in [0.2, 0.25) is 5.91 Å². The Labute approximate surface area is 117 Å². The van der Waals surface area contributed by atoms with Crippen molar-refractivity contribution < 1.29 is 4.79 Å². The Morgan fingerprint density at radius 1 is 1.53 bits per heavy atom. The van der Waals surface area contributed by atoms with Crippen LogP contribution >= 0.6 is 11.3 Å². The summed E-state index contributed by atoms with van der Waals surface area (Å²) in [4.78, 5) is 18.9. The van der Waals surface area contributed by atoms with Crippen molar-refractivity contribution in [1.29, 1.82) is 0 Å². The lowest BCUT2D eigenvalue weighted by Gasteiger charge is -2.31. The largest absolute Gasteiger partial charge is 0.314 e. The first-order valence-electron chi connectivity index (χ1n) is 6.95. The van der Waals surface area contributed by atoms with Gasteiger partial charge in [-0.1, -0.05) is 0 Å². The number of hydrogen-bond donors (Lipinski definition) is 2. The minimum atomic E-state index is -0.0876. The lowest BCUT2D eigenvalue weighted by atomic mass is 10.2. The number of nitrogens with one attached hydrogen (secondary N) is 2. The van der Waals surface area contributed by atoms with Crippen LogP contribution in [0.15, 0.2) is 5.38 Å². The van der Waals surface area contributed by atoms with Crippen molar-refractivity contribution in [2.24, 2.45) is 0 Å². The summed E-state index contributed by atoms with van der Waals surface area (Å²) in [7, 11) is 0. The van der Waals surface area contributed by atoms with Gasteiger partial charge in [-0.05, 0) is 19.8 Å². The molecule has 6 heteroatoms. The second-order valence-electron chi connectivity index (χ2n) is 5.30. The highest BCUT2D eigenvalue weighted by Crippen LogP contribution is 2.40. The summed E-state index contributed by atoms with van der Waals surface area (Å²) in [6.45, 7) is 5.75. The highest BCUT2D eigenvalue weighted by molar-refractivity contribution is 7.13. The quantitative estimate of drug-likeness (QED) is 0.871. The highest BCUT2D eigenvalue weighted by Gasteiger charge is 2.27. The first-order valence-corrected chi connectivity index (χ1v) is 7.83. The van der Waals surface area contributed by atoms with Crippen LogP contribution in [0.5, 0.6) is 0 Å². The molecule has 1 aliphatic heterocycles. The number of thiazole rings is 1. The summed E-state index contributed by atoms with van der Waals surface area (Å²) >= 11 is 1.54. The molecule has 104 valence electrons. The number of carbonyl (C=O) groups excluding carboxylic acids is 1. The lowest BCUT2D eigenvalue weighted by Crippen LogP contribution is -2.51. The molecule has 1 saturated carbocycles. The first kappa shape index (κ1) is 13.0. The molecule has 1 aliphatic carbocycles. The molecule has 1 saturated heterocycles. The van der Waals surface area contributed by atoms with E-state index in [1.807, 2.05) is 6.92 Å². The van der Waals surface area contributed by atoms with Crippen molar-refractivity contribution in [2.45, 2.75) is 31.7 Å². The van der Waals surface area contributed by atoms with Gasteiger partial charge in [0.15, 0.2) is 5.13 Å². The van der Waals surface area contributed by atoms with E-state index in [2.05, 4.69) is 25.9 Å². The van der Waals surface area contributed by atoms with Crippen LogP contribution in [0.2, 0.25) is 0 Å². The van der Waals surface area contributed by atoms with Crippen molar-refractivity contribution in [2.75, 3.05) is 31.5 Å². The molecule has 0 bridgehead atoms. The second-order valence-corrected chi connectivity index (χ2v) is 6.16. The van der Waals surface area contributed by atoms with Gasteiger partial charge in [-0.2, -0.15) is 0 Å². The van der Waals surface area contributed by atoms with Crippen LogP contribution in [0, 0.1) is 0 Å². The zero-order chi connectivity index (χ0) is 13.2. The summed E-state index contributed by atoms with van der Waals surface area (Å²) in [5, 5.41) is 9.06. The Morgan fingerprint density at radius 2 is 2.26 bits per heavy atom. The fraction of sp³-hybridized carbons (Fsp3) is 0.692. The Morgan fingerprint density at radius 3 is 2.95 bits per heavy atom. The molecule has 5 nitrogen and oxygen atoms in total. The molecule has 1 atom stereocenters. The number of hydrogen-bond acceptors (Lipinski definition) is 5. The van der Waals surface area contributed by atoms with E-state index in [0.29, 0.717) is 5.92 Å². The zero-order valence-electron chi connectivity index (χ0n) is 11.2. The number of carbonyl (C=O) groups is 1. The maximum atomic E-state index is 12.2. The van der Waals surface area contributed by atoms with Gasteiger partial charge in [-0.15, -0.1) is 11.3 Å². The van der Waals surface area contributed by atoms with E-state index in [1.165, 1.54) is 24.2 Å². The van der Waals surface area contributed by atoms with E-state index in [-0.39, 0.29) is 11.9 Å². The molecule has 1 aromatic rings. The maximum absolute atomic E-state index is 12.2. The molecule has 1 amide bonds. The van der Waals surface area contributed by atoms with Crippen LogP contribution in [-0.2, 0) is 4.79 Å². The van der Waals surface area contributed by atoms with E-state index in [1.54, 1.807) is 0 Å². The highest BCUT2D eigenvalue weighted by atomic mass is 32.1. The van der Waals surface area contributed by atoms with E-state index in [9.17, 15) is 4.79 Å². The maximum Gasteiger partial charge on any atom is 0.243 e. The minimum absolute atomic E-state index is 0.0543. The van der Waals surface area contributed by atoms with Gasteiger partial charge in [-0.3, -0.25) is 9.69 Å². The van der Waals surface area contributed by atoms with Crippen LogP contribution in [0.3, 0.4) is 0 Å². The van der Waals surface area contributed by atoms with Crippen molar-refractivity contribution in [3.8, 4) is 0 Å². The SMILES string of the molecule is CC(C(=O)Nc1nc(C2CC2)cs1)N1CCNCC1. The number of nitrogens with zero attached hydrogens (tertiary/aromatic N) is 2. The Bertz CT molecular complexity index is 451. The fourth-order valence-corrected chi connectivity index (χ4v) is 3.15. The minimum Gasteiger partial charge on any atom is -0.314 e. The van der Waals surface area contributed by atoms with Gasteiger partial charge in [-0.25, -0.2) is 4.98 Å². The predicted molar refractivity (Wildman–Crippen MR) is 76.6 cm³/mol. The average molecular weight is 280 g/mol. The van der Waals surface area contributed by atoms with Gasteiger partial charge in [0.05, 0.1) is 11.7 Å². The normalized spacial score (nSPS) is 22.2. The van der Waals surface area contributed by atoms with Gasteiger partial charge < -0.3 is 10.6 Å². The molecule has 0 spiro atoms. The molecule has 2 fully saturated rings. The topological polar surface area (TPSA) is 57.3 Å². The van der Waals surface area contributed by atoms with Gasteiger partial charge in [0.25, 0.3) is 0 Å². The van der Waals surface area contributed by atoms with Gasteiger partial charge in [0, 0.05) is 37.5 Å². The standard InChI is InChI=1S/C13H20N4OS/c1-9(17-6-4-14-5-7-17)12(18)16-13-15-11(8-19-13)10-2-3-10/h8-10,14H,2-7H2,1H3,(H,15,16,18). The van der Waals surface area contributed by atoms with E-state index >= 15 is 0 Å². The number of anilines is 1. The summed E-state index contributed by atoms with van der Waals surface area (Å²) in [6.07, 6.45) is 2.49. The Balaban J connectivity index is 1.56. The molecule has 2 N–H and O–H groups in total. The molecule has 1 aromatic heterocycles. The third-order valence-corrected chi connectivity index (χ3v) is 4.60. The van der Waals surface area contributed by atoms with E-state index in [0.717, 1.165) is 37.0 Å². The van der Waals surface area contributed by atoms with Crippen LogP contribution in [0.4, 0.5) is 5.13 Å². The second kappa shape index (κ2) is 5.56. The van der Waals surface area contributed by atoms with Crippen LogP contribution in [0.1, 0.15) is 31.4 Å². The molecule has 2 aliphatic rings. The van der Waals surface area contributed by atoms with Crippen molar-refractivity contribution >= 4 is 22.4 Å². The van der Waals surface area contributed by atoms with Crippen LogP contribution in [0.25, 0.3) is 0 Å². The summed E-state index contributed by atoms with van der Waals surface area (Å²) < 4.78 is 0. The van der Waals surface area contributed by atoms with Gasteiger partial charge >= 0.3 is 0 Å². The third kappa shape index (κ3) is 3.13. The molecule has 3 rings (SSSR count). The summed E-state index contributed by atoms with van der Waals surface area (Å²) in [5.41, 5.74) is 1.15. The predicted octanol–water partition coefficient (Wildman–Crippen LogP) is 1.25. The monoisotopic (exact) mass is 280 g/mol. The molecule has 0 radical (unpaired) electrons. The van der Waals surface area contributed by atoms with E-state index < -0.39 is 0 Å². The fourth-order valence-electron chi connectivity index (χ4n) is 2.36. The first-order chi connectivity index (χ1) is 9.24. The molecular weight excluding hydrogens is 260 g/mol. The molecular formula is C13H20N4OS. The van der Waals surface area contributed by atoms with Crippen LogP contribution < -0.4 is 10.6 Å². The van der Waals surface area contributed by atoms with Crippen molar-refractivity contribution in [1.82, 2.24) is 15.2 Å². The van der Waals surface area contributed by atoms with Crippen molar-refractivity contribution in [3.05, 3.63) is 11.1 Å². The molecule has 2 heterocycles. The number of piperazine rings is 1. The van der Waals surface area contributed by atoms with Crippen molar-refractivity contribution in [3.63, 3.8) is 0 Å². The van der Waals surface area contributed by atoms with Gasteiger partial charge in [0.1, 0.15) is 0 Å². The summed E-state index contributed by atoms with van der Waals surface area (Å²) in [6, 6.07) is -0.0876. The lowest BCUT2D eigenvalue weighted by molar-refractivity contribution is -0.120. The zero-order valence-corrected chi connectivity index (χ0v) is 12.0. The third-order valence-electron chi connectivity index (χ3n) is 3.83. The molecule has 0 aromatic carbocycles. The Kier molecular flexibility index (Phi) is 3.81. The van der Waals surface area contributed by atoms with Crippen LogP contribution in [-0.4, -0.2) is 48.0 Å². The Hall–Kier alpha value is -0.980. The molecule has 1 unspecified atom stereocenters. The average Bonchev–Trinajstić information content (AvgIpc) is 3.20. The smallest absolute Gasteiger partial charge is 0.243 e. The van der Waals surface area contributed by atoms with E-state index in [4.69, 9.17) is 0 Å². The number of amides is 1. The summed E-state index contributed by atoms with van der Waals surface area (Å²) in [5.74, 6) is 0.700. The molecule has 19 heavy (non-hydrogen) atoms. The number of aromatic nitrogens is 1. The number of rotatable bonds is 4.